The molecule has 0 bridgehead atoms. The van der Waals surface area contributed by atoms with E-state index >= 15 is 0 Å². The zero-order valence-corrected chi connectivity index (χ0v) is 16.4. The average Bonchev–Trinajstić information content (AvgIpc) is 2.19. The van der Waals surface area contributed by atoms with Gasteiger partial charge in [-0.05, 0) is 33.0 Å². The van der Waals surface area contributed by atoms with Gasteiger partial charge in [-0.2, -0.15) is 0 Å². The summed E-state index contributed by atoms with van der Waals surface area (Å²) in [5.41, 5.74) is -0.433. The Labute approximate surface area is 120 Å². The molecule has 0 aromatic carbocycles. The summed E-state index contributed by atoms with van der Waals surface area (Å²) in [6.45, 7) is 16.1. The molecule has 0 amide bonds. The second kappa shape index (κ2) is 5.23. The van der Waals surface area contributed by atoms with E-state index in [0.717, 1.165) is 6.04 Å². The molecule has 0 saturated carbocycles. The lowest BCUT2D eigenvalue weighted by atomic mass is 10.2. The lowest BCUT2D eigenvalue weighted by molar-refractivity contribution is 0.121. The van der Waals surface area contributed by atoms with Gasteiger partial charge in [-0.1, -0.05) is 31.8 Å². The summed E-state index contributed by atoms with van der Waals surface area (Å²) in [6.07, 6.45) is 3.50. The molecule has 0 spiro atoms. The van der Waals surface area contributed by atoms with Gasteiger partial charge in [-0.15, -0.1) is 0 Å². The third kappa shape index (κ3) is 2.98. The van der Waals surface area contributed by atoms with Crippen molar-refractivity contribution in [2.45, 2.75) is 64.0 Å². The molecule has 1 aliphatic heterocycles. The van der Waals surface area contributed by atoms with Crippen molar-refractivity contribution in [2.24, 2.45) is 0 Å². The third-order valence-corrected chi connectivity index (χ3v) is 44.6. The summed E-state index contributed by atoms with van der Waals surface area (Å²) in [7, 11) is -5.35. The van der Waals surface area contributed by atoms with Crippen LogP contribution in [0.15, 0.2) is 12.2 Å². The molecule has 1 rings (SSSR count). The second-order valence-corrected chi connectivity index (χ2v) is 33.4. The van der Waals surface area contributed by atoms with Crippen molar-refractivity contribution in [3.8, 4) is 0 Å². The largest absolute Gasteiger partial charge is 0.416 e. The minimum Gasteiger partial charge on any atom is -0.416 e. The van der Waals surface area contributed by atoms with E-state index in [1.807, 2.05) is 6.08 Å². The highest BCUT2D eigenvalue weighted by Crippen LogP contribution is 2.45. The summed E-state index contributed by atoms with van der Waals surface area (Å²) >= 11 is 0. The van der Waals surface area contributed by atoms with Gasteiger partial charge < -0.3 is 14.6 Å². The lowest BCUT2D eigenvalue weighted by Crippen LogP contribution is -2.83. The number of hydrogen-bond donors (Lipinski definition) is 2. The number of hydrogen-bond acceptors (Lipinski definition) is 3. The minimum absolute atomic E-state index is 0.00212. The summed E-state index contributed by atoms with van der Waals surface area (Å²) in [5, 5.41) is 19.7. The van der Waals surface area contributed by atoms with Crippen LogP contribution in [-0.2, 0) is 4.43 Å². The normalized spacial score (nSPS) is 34.4. The van der Waals surface area contributed by atoms with Crippen molar-refractivity contribution in [3.05, 3.63) is 12.2 Å². The van der Waals surface area contributed by atoms with Crippen LogP contribution >= 0.6 is 0 Å². The van der Waals surface area contributed by atoms with E-state index in [-0.39, 0.29) is 17.9 Å². The van der Waals surface area contributed by atoms with Gasteiger partial charge >= 0.3 is 0 Å². The van der Waals surface area contributed by atoms with E-state index in [1.54, 1.807) is 6.08 Å². The Balaban J connectivity index is 3.25. The highest BCUT2D eigenvalue weighted by molar-refractivity contribution is 7.68. The summed E-state index contributed by atoms with van der Waals surface area (Å²) < 4.78 is 6.49. The number of rotatable bonds is 3. The molecule has 112 valence electrons. The molecule has 1 fully saturated rings. The molecule has 2 N–H and O–H groups in total. The third-order valence-electron chi connectivity index (χ3n) is 5.07. The zero-order valence-electron chi connectivity index (χ0n) is 13.4. The first-order valence-electron chi connectivity index (χ1n) is 7.05. The van der Waals surface area contributed by atoms with Crippen molar-refractivity contribution in [1.29, 1.82) is 0 Å². The topological polar surface area (TPSA) is 49.7 Å². The van der Waals surface area contributed by atoms with E-state index in [9.17, 15) is 5.11 Å². The maximum Gasteiger partial charge on any atom is 0.175 e. The Hall–Kier alpha value is 0.271. The van der Waals surface area contributed by atoms with Gasteiger partial charge in [0, 0.05) is 13.2 Å². The molecule has 2 unspecified atom stereocenters. The molecular formula is C13H30O3Si3. The number of aliphatic hydroxyl groups is 2. The zero-order chi connectivity index (χ0) is 15.1. The van der Waals surface area contributed by atoms with Crippen LogP contribution < -0.4 is 0 Å². The summed E-state index contributed by atoms with van der Waals surface area (Å²) in [5.74, 6) is 0. The van der Waals surface area contributed by atoms with E-state index < -0.39 is 22.5 Å². The molecular weight excluding hydrogens is 288 g/mol. The van der Waals surface area contributed by atoms with Crippen molar-refractivity contribution >= 4 is 22.5 Å². The van der Waals surface area contributed by atoms with Crippen LogP contribution in [0.4, 0.5) is 0 Å². The molecule has 0 aliphatic carbocycles. The molecule has 1 aliphatic rings. The second-order valence-electron chi connectivity index (χ2n) is 7.69. The van der Waals surface area contributed by atoms with E-state index in [2.05, 4.69) is 46.6 Å². The molecule has 2 atom stereocenters. The monoisotopic (exact) mass is 318 g/mol. The summed E-state index contributed by atoms with van der Waals surface area (Å²) in [4.78, 5) is 0. The van der Waals surface area contributed by atoms with Crippen LogP contribution in [0.1, 0.15) is 13.8 Å². The quantitative estimate of drug-likeness (QED) is 0.620. The molecule has 1 saturated heterocycles. The molecule has 1 heterocycles. The van der Waals surface area contributed by atoms with E-state index in [1.165, 1.54) is 0 Å². The van der Waals surface area contributed by atoms with Gasteiger partial charge in [-0.25, -0.2) is 0 Å². The smallest absolute Gasteiger partial charge is 0.175 e. The fraction of sp³-hybridized carbons (Fsp3) is 0.846. The Kier molecular flexibility index (Phi) is 4.77. The fourth-order valence-electron chi connectivity index (χ4n) is 4.03. The first-order valence-corrected chi connectivity index (χ1v) is 17.7. The Morgan fingerprint density at radius 2 is 1.74 bits per heavy atom. The van der Waals surface area contributed by atoms with Crippen molar-refractivity contribution in [3.63, 3.8) is 0 Å². The first-order chi connectivity index (χ1) is 8.40. The van der Waals surface area contributed by atoms with Crippen LogP contribution in [-0.4, -0.2) is 50.7 Å². The Bertz CT molecular complexity index is 344. The highest BCUT2D eigenvalue weighted by atomic mass is 29.6. The first kappa shape index (κ1) is 17.3. The minimum atomic E-state index is -1.91. The maximum absolute atomic E-state index is 10.8. The van der Waals surface area contributed by atoms with E-state index in [4.69, 9.17) is 9.53 Å². The van der Waals surface area contributed by atoms with Crippen LogP contribution in [0.3, 0.4) is 0 Å². The van der Waals surface area contributed by atoms with Crippen LogP contribution in [0.2, 0.25) is 38.8 Å². The molecule has 0 aromatic rings. The maximum atomic E-state index is 10.8. The standard InChI is InChI=1S/C13H30O3Si3/c1-13(2)11-17(3,4)19(7,18(5,6)16-13)12(15)9-8-10-14/h8-9,12,14-15H,10-11H2,1-7H3. The Morgan fingerprint density at radius 1 is 1.21 bits per heavy atom. The molecule has 0 aromatic heterocycles. The average molecular weight is 319 g/mol. The van der Waals surface area contributed by atoms with Crippen molar-refractivity contribution in [1.82, 2.24) is 0 Å². The number of aliphatic hydroxyl groups excluding tert-OH is 2. The SMILES string of the molecule is CC1(C)C[Si](C)(C)[Si](C)(C(O)C=CCO)[Si](C)(C)O1. The molecule has 19 heavy (non-hydrogen) atoms. The molecule has 0 radical (unpaired) electrons. The van der Waals surface area contributed by atoms with E-state index in [0.29, 0.717) is 0 Å². The predicted octanol–water partition coefficient (Wildman–Crippen LogP) is 2.39. The van der Waals surface area contributed by atoms with Crippen molar-refractivity contribution in [2.75, 3.05) is 6.61 Å². The lowest BCUT2D eigenvalue weighted by Gasteiger charge is -2.60. The Morgan fingerprint density at radius 3 is 2.16 bits per heavy atom. The predicted molar refractivity (Wildman–Crippen MR) is 88.8 cm³/mol. The van der Waals surface area contributed by atoms with Crippen molar-refractivity contribution < 1.29 is 14.6 Å². The fourth-order valence-corrected chi connectivity index (χ4v) is 41.8. The van der Waals surface area contributed by atoms with Gasteiger partial charge in [0.2, 0.25) is 0 Å². The summed E-state index contributed by atoms with van der Waals surface area (Å²) in [6, 6.07) is 1.11. The molecule has 6 heteroatoms. The highest BCUT2D eigenvalue weighted by Gasteiger charge is 2.65. The van der Waals surface area contributed by atoms with Gasteiger partial charge in [-0.3, -0.25) is 0 Å². The van der Waals surface area contributed by atoms with Gasteiger partial charge in [0.25, 0.3) is 0 Å². The van der Waals surface area contributed by atoms with Crippen LogP contribution in [0.25, 0.3) is 0 Å². The van der Waals surface area contributed by atoms with Gasteiger partial charge in [0.15, 0.2) is 7.83 Å². The van der Waals surface area contributed by atoms with Gasteiger partial charge in [0.05, 0.1) is 12.3 Å². The van der Waals surface area contributed by atoms with Crippen LogP contribution in [0.5, 0.6) is 0 Å². The van der Waals surface area contributed by atoms with Crippen LogP contribution in [0, 0.1) is 0 Å². The van der Waals surface area contributed by atoms with Gasteiger partial charge in [0.1, 0.15) is 7.11 Å². The molecule has 3 nitrogen and oxygen atoms in total.